The van der Waals surface area contributed by atoms with E-state index in [1.54, 1.807) is 13.0 Å². The Morgan fingerprint density at radius 3 is 2.71 bits per heavy atom. The lowest BCUT2D eigenvalue weighted by Crippen LogP contribution is -2.08. The SMILES string of the molecule is CCOC(=O)c1cc(SCC)ccc1[N+](=O)[O-]. The fraction of sp³-hybridized carbons (Fsp3) is 0.364. The smallest absolute Gasteiger partial charge is 0.345 e. The Bertz CT molecular complexity index is 433. The van der Waals surface area contributed by atoms with Gasteiger partial charge in [-0.25, -0.2) is 4.79 Å². The summed E-state index contributed by atoms with van der Waals surface area (Å²) in [6.45, 7) is 3.83. The van der Waals surface area contributed by atoms with Gasteiger partial charge in [0.1, 0.15) is 5.56 Å². The number of ether oxygens (including phenoxy) is 1. The van der Waals surface area contributed by atoms with E-state index in [4.69, 9.17) is 4.74 Å². The van der Waals surface area contributed by atoms with Gasteiger partial charge in [-0.2, -0.15) is 0 Å². The van der Waals surface area contributed by atoms with Gasteiger partial charge in [-0.1, -0.05) is 6.92 Å². The van der Waals surface area contributed by atoms with E-state index in [1.165, 1.54) is 23.9 Å². The third-order valence-corrected chi connectivity index (χ3v) is 2.85. The molecule has 1 rings (SSSR count). The highest BCUT2D eigenvalue weighted by molar-refractivity contribution is 7.99. The van der Waals surface area contributed by atoms with Crippen LogP contribution in [0, 0.1) is 10.1 Å². The third-order valence-electron chi connectivity index (χ3n) is 1.97. The van der Waals surface area contributed by atoms with E-state index in [1.807, 2.05) is 6.92 Å². The van der Waals surface area contributed by atoms with Gasteiger partial charge in [0.25, 0.3) is 5.69 Å². The Morgan fingerprint density at radius 2 is 2.18 bits per heavy atom. The van der Waals surface area contributed by atoms with E-state index < -0.39 is 10.9 Å². The maximum atomic E-state index is 11.6. The molecule has 0 aliphatic rings. The number of benzene rings is 1. The molecule has 0 aromatic heterocycles. The monoisotopic (exact) mass is 255 g/mol. The lowest BCUT2D eigenvalue weighted by molar-refractivity contribution is -0.385. The van der Waals surface area contributed by atoms with Crippen molar-refractivity contribution in [3.8, 4) is 0 Å². The highest BCUT2D eigenvalue weighted by Gasteiger charge is 2.21. The number of thioether (sulfide) groups is 1. The molecule has 0 bridgehead atoms. The minimum Gasteiger partial charge on any atom is -0.462 e. The van der Waals surface area contributed by atoms with Gasteiger partial charge in [0.2, 0.25) is 0 Å². The Hall–Kier alpha value is -1.56. The molecule has 0 atom stereocenters. The molecular weight excluding hydrogens is 242 g/mol. The Balaban J connectivity index is 3.15. The molecule has 0 radical (unpaired) electrons. The molecule has 6 heteroatoms. The number of esters is 1. The van der Waals surface area contributed by atoms with Gasteiger partial charge in [0.15, 0.2) is 0 Å². The van der Waals surface area contributed by atoms with Crippen molar-refractivity contribution in [1.82, 2.24) is 0 Å². The number of hydrogen-bond acceptors (Lipinski definition) is 5. The molecule has 0 fully saturated rings. The molecule has 0 heterocycles. The van der Waals surface area contributed by atoms with Crippen LogP contribution in [0.2, 0.25) is 0 Å². The van der Waals surface area contributed by atoms with Crippen molar-refractivity contribution in [3.63, 3.8) is 0 Å². The lowest BCUT2D eigenvalue weighted by Gasteiger charge is -2.05. The molecule has 0 spiro atoms. The summed E-state index contributed by atoms with van der Waals surface area (Å²) in [4.78, 5) is 22.6. The highest BCUT2D eigenvalue weighted by atomic mass is 32.2. The van der Waals surface area contributed by atoms with Crippen molar-refractivity contribution in [2.24, 2.45) is 0 Å². The Kier molecular flexibility index (Phi) is 4.96. The van der Waals surface area contributed by atoms with E-state index in [0.717, 1.165) is 10.6 Å². The van der Waals surface area contributed by atoms with Crippen LogP contribution in [0.1, 0.15) is 24.2 Å². The molecule has 0 N–H and O–H groups in total. The average molecular weight is 255 g/mol. The maximum absolute atomic E-state index is 11.6. The highest BCUT2D eigenvalue weighted by Crippen LogP contribution is 2.26. The van der Waals surface area contributed by atoms with Crippen molar-refractivity contribution in [2.75, 3.05) is 12.4 Å². The van der Waals surface area contributed by atoms with Crippen LogP contribution in [-0.4, -0.2) is 23.3 Å². The quantitative estimate of drug-likeness (QED) is 0.350. The number of rotatable bonds is 5. The van der Waals surface area contributed by atoms with E-state index >= 15 is 0 Å². The zero-order chi connectivity index (χ0) is 12.8. The minimum atomic E-state index is -0.655. The van der Waals surface area contributed by atoms with E-state index in [2.05, 4.69) is 0 Å². The molecular formula is C11H13NO4S. The molecule has 17 heavy (non-hydrogen) atoms. The number of carbonyl (C=O) groups excluding carboxylic acids is 1. The molecule has 5 nitrogen and oxygen atoms in total. The maximum Gasteiger partial charge on any atom is 0.345 e. The van der Waals surface area contributed by atoms with Crippen molar-refractivity contribution in [2.45, 2.75) is 18.7 Å². The average Bonchev–Trinajstić information content (AvgIpc) is 2.29. The van der Waals surface area contributed by atoms with E-state index in [0.29, 0.717) is 0 Å². The standard InChI is InChI=1S/C11H13NO4S/c1-3-16-11(13)9-7-8(17-4-2)5-6-10(9)12(14)15/h5-7H,3-4H2,1-2H3. The molecule has 0 unspecified atom stereocenters. The number of hydrogen-bond donors (Lipinski definition) is 0. The molecule has 0 amide bonds. The number of nitro benzene ring substituents is 1. The van der Waals surface area contributed by atoms with Crippen LogP contribution in [0.4, 0.5) is 5.69 Å². The second kappa shape index (κ2) is 6.24. The Morgan fingerprint density at radius 1 is 1.47 bits per heavy atom. The summed E-state index contributed by atoms with van der Waals surface area (Å²) in [5, 5.41) is 10.8. The zero-order valence-corrected chi connectivity index (χ0v) is 10.5. The van der Waals surface area contributed by atoms with Gasteiger partial charge < -0.3 is 4.74 Å². The summed E-state index contributed by atoms with van der Waals surface area (Å²) in [5.41, 5.74) is -0.209. The summed E-state index contributed by atoms with van der Waals surface area (Å²) >= 11 is 1.51. The molecule has 1 aromatic rings. The summed E-state index contributed by atoms with van der Waals surface area (Å²) in [5.74, 6) is 0.179. The van der Waals surface area contributed by atoms with E-state index in [-0.39, 0.29) is 17.9 Å². The summed E-state index contributed by atoms with van der Waals surface area (Å²) in [7, 11) is 0. The first-order chi connectivity index (χ1) is 8.10. The topological polar surface area (TPSA) is 69.4 Å². The van der Waals surface area contributed by atoms with Gasteiger partial charge in [-0.3, -0.25) is 10.1 Å². The van der Waals surface area contributed by atoms with Crippen LogP contribution in [0.25, 0.3) is 0 Å². The fourth-order valence-corrected chi connectivity index (χ4v) is 2.00. The van der Waals surface area contributed by atoms with Gasteiger partial charge in [-0.05, 0) is 24.8 Å². The normalized spacial score (nSPS) is 10.0. The molecule has 0 aliphatic heterocycles. The molecule has 0 aliphatic carbocycles. The van der Waals surface area contributed by atoms with Crippen LogP contribution in [0.5, 0.6) is 0 Å². The van der Waals surface area contributed by atoms with Crippen LogP contribution in [-0.2, 0) is 4.74 Å². The van der Waals surface area contributed by atoms with Gasteiger partial charge in [0, 0.05) is 11.0 Å². The van der Waals surface area contributed by atoms with Crippen molar-refractivity contribution < 1.29 is 14.5 Å². The molecule has 0 saturated carbocycles. The van der Waals surface area contributed by atoms with Crippen LogP contribution >= 0.6 is 11.8 Å². The van der Waals surface area contributed by atoms with Crippen molar-refractivity contribution >= 4 is 23.4 Å². The second-order valence-corrected chi connectivity index (χ2v) is 4.43. The molecule has 0 saturated heterocycles. The van der Waals surface area contributed by atoms with Crippen LogP contribution < -0.4 is 0 Å². The predicted molar refractivity (Wildman–Crippen MR) is 65.5 cm³/mol. The second-order valence-electron chi connectivity index (χ2n) is 3.09. The van der Waals surface area contributed by atoms with Gasteiger partial charge >= 0.3 is 5.97 Å². The van der Waals surface area contributed by atoms with Crippen molar-refractivity contribution in [1.29, 1.82) is 0 Å². The number of nitrogens with zero attached hydrogens (tertiary/aromatic N) is 1. The summed E-state index contributed by atoms with van der Waals surface area (Å²) in [6.07, 6.45) is 0. The Labute approximate surface area is 103 Å². The zero-order valence-electron chi connectivity index (χ0n) is 9.63. The molecule has 1 aromatic carbocycles. The first-order valence-corrected chi connectivity index (χ1v) is 6.17. The first kappa shape index (κ1) is 13.5. The predicted octanol–water partition coefficient (Wildman–Crippen LogP) is 2.88. The van der Waals surface area contributed by atoms with Crippen LogP contribution in [0.15, 0.2) is 23.1 Å². The minimum absolute atomic E-state index is 0.00954. The fourth-order valence-electron chi connectivity index (χ4n) is 1.30. The van der Waals surface area contributed by atoms with Crippen LogP contribution in [0.3, 0.4) is 0 Å². The lowest BCUT2D eigenvalue weighted by atomic mass is 10.2. The van der Waals surface area contributed by atoms with Crippen molar-refractivity contribution in [3.05, 3.63) is 33.9 Å². The third kappa shape index (κ3) is 3.45. The summed E-state index contributed by atoms with van der Waals surface area (Å²) < 4.78 is 4.80. The first-order valence-electron chi connectivity index (χ1n) is 5.18. The number of carbonyl (C=O) groups is 1. The largest absolute Gasteiger partial charge is 0.462 e. The van der Waals surface area contributed by atoms with Gasteiger partial charge in [-0.15, -0.1) is 11.8 Å². The van der Waals surface area contributed by atoms with Gasteiger partial charge in [0.05, 0.1) is 11.5 Å². The number of nitro groups is 1. The van der Waals surface area contributed by atoms with E-state index in [9.17, 15) is 14.9 Å². The molecule has 92 valence electrons. The summed E-state index contributed by atoms with van der Waals surface area (Å²) in [6, 6.07) is 4.48.